The van der Waals surface area contributed by atoms with Gasteiger partial charge in [0.15, 0.2) is 5.43 Å². The quantitative estimate of drug-likeness (QED) is 0.712. The summed E-state index contributed by atoms with van der Waals surface area (Å²) in [6.45, 7) is 5.80. The molecule has 2 aromatic carbocycles. The Labute approximate surface area is 168 Å². The summed E-state index contributed by atoms with van der Waals surface area (Å²) in [5, 5.41) is 10.9. The molecule has 6 heteroatoms. The van der Waals surface area contributed by atoms with Crippen molar-refractivity contribution in [2.75, 3.05) is 32.7 Å². The van der Waals surface area contributed by atoms with Crippen LogP contribution in [0.25, 0.3) is 11.0 Å². The van der Waals surface area contributed by atoms with E-state index in [1.807, 2.05) is 12.1 Å². The molecule has 1 aliphatic heterocycles. The summed E-state index contributed by atoms with van der Waals surface area (Å²) < 4.78 is 5.82. The van der Waals surface area contributed by atoms with E-state index in [0.717, 1.165) is 44.3 Å². The monoisotopic (exact) mass is 398 g/mol. The van der Waals surface area contributed by atoms with Crippen molar-refractivity contribution >= 4 is 22.6 Å². The number of aromatic hydroxyl groups is 1. The number of nitrogens with zero attached hydrogens (tertiary/aromatic N) is 2. The number of halogens is 1. The molecule has 0 spiro atoms. The smallest absolute Gasteiger partial charge is 0.196 e. The van der Waals surface area contributed by atoms with Gasteiger partial charge in [-0.25, -0.2) is 0 Å². The lowest BCUT2D eigenvalue weighted by Gasteiger charge is -2.34. The Morgan fingerprint density at radius 1 is 1.00 bits per heavy atom. The molecule has 2 heterocycles. The zero-order chi connectivity index (χ0) is 19.5. The zero-order valence-electron chi connectivity index (χ0n) is 15.6. The van der Waals surface area contributed by atoms with Crippen molar-refractivity contribution < 1.29 is 9.52 Å². The lowest BCUT2D eigenvalue weighted by molar-refractivity contribution is 0.127. The molecule has 28 heavy (non-hydrogen) atoms. The van der Waals surface area contributed by atoms with Crippen LogP contribution in [0, 0.1) is 0 Å². The fraction of sp³-hybridized carbons (Fsp3) is 0.318. The molecular weight excluding hydrogens is 376 g/mol. The molecule has 4 rings (SSSR count). The van der Waals surface area contributed by atoms with E-state index in [4.69, 9.17) is 16.0 Å². The Morgan fingerprint density at radius 2 is 1.71 bits per heavy atom. The van der Waals surface area contributed by atoms with E-state index < -0.39 is 0 Å². The van der Waals surface area contributed by atoms with E-state index in [1.165, 1.54) is 17.7 Å². The predicted molar refractivity (Wildman–Crippen MR) is 111 cm³/mol. The highest BCUT2D eigenvalue weighted by molar-refractivity contribution is 6.30. The second-order valence-electron chi connectivity index (χ2n) is 7.22. The first-order valence-electron chi connectivity index (χ1n) is 9.52. The average Bonchev–Trinajstić information content (AvgIpc) is 2.69. The van der Waals surface area contributed by atoms with Gasteiger partial charge in [0.2, 0.25) is 0 Å². The number of phenolic OH excluding ortho intramolecular Hbond substituents is 1. The molecule has 0 atom stereocenters. The van der Waals surface area contributed by atoms with Gasteiger partial charge in [0.1, 0.15) is 22.5 Å². The molecule has 1 N–H and O–H groups in total. The highest BCUT2D eigenvalue weighted by Crippen LogP contribution is 2.22. The first-order chi connectivity index (χ1) is 13.6. The average molecular weight is 399 g/mol. The van der Waals surface area contributed by atoms with Crippen molar-refractivity contribution in [1.29, 1.82) is 0 Å². The lowest BCUT2D eigenvalue weighted by atomic mass is 10.1. The van der Waals surface area contributed by atoms with Gasteiger partial charge in [0, 0.05) is 56.8 Å². The largest absolute Gasteiger partial charge is 0.507 e. The Hall–Kier alpha value is -2.34. The van der Waals surface area contributed by atoms with Crippen LogP contribution in [0.4, 0.5) is 0 Å². The van der Waals surface area contributed by atoms with Crippen LogP contribution >= 0.6 is 11.6 Å². The minimum Gasteiger partial charge on any atom is -0.507 e. The maximum absolute atomic E-state index is 12.3. The van der Waals surface area contributed by atoms with Gasteiger partial charge in [-0.15, -0.1) is 0 Å². The van der Waals surface area contributed by atoms with E-state index in [1.54, 1.807) is 12.1 Å². The van der Waals surface area contributed by atoms with Gasteiger partial charge < -0.3 is 14.4 Å². The van der Waals surface area contributed by atoms with Crippen LogP contribution in [0.1, 0.15) is 11.3 Å². The Kier molecular flexibility index (Phi) is 5.67. The van der Waals surface area contributed by atoms with E-state index >= 15 is 0 Å². The number of fused-ring (bicyclic) bond motifs is 1. The van der Waals surface area contributed by atoms with Gasteiger partial charge in [-0.3, -0.25) is 9.69 Å². The fourth-order valence-electron chi connectivity index (χ4n) is 3.65. The Morgan fingerprint density at radius 3 is 2.46 bits per heavy atom. The van der Waals surface area contributed by atoms with E-state index in [0.29, 0.717) is 17.8 Å². The van der Waals surface area contributed by atoms with Gasteiger partial charge in [-0.05, 0) is 29.8 Å². The second kappa shape index (κ2) is 8.35. The number of hydrogen-bond acceptors (Lipinski definition) is 5. The minimum atomic E-state index is -0.192. The van der Waals surface area contributed by atoms with Gasteiger partial charge >= 0.3 is 0 Å². The second-order valence-corrected chi connectivity index (χ2v) is 7.66. The molecule has 1 fully saturated rings. The molecule has 1 saturated heterocycles. The number of benzene rings is 2. The summed E-state index contributed by atoms with van der Waals surface area (Å²) in [5.74, 6) is 0.626. The fourth-order valence-corrected chi connectivity index (χ4v) is 3.78. The minimum absolute atomic E-state index is 0.0328. The van der Waals surface area contributed by atoms with Crippen LogP contribution in [-0.4, -0.2) is 47.6 Å². The summed E-state index contributed by atoms with van der Waals surface area (Å²) in [4.78, 5) is 17.1. The predicted octanol–water partition coefficient (Wildman–Crippen LogP) is 3.51. The SMILES string of the molecule is O=c1cc(CCN2CCN(Cc3ccc(Cl)cc3)CC2)oc2cccc(O)c12. The number of hydrogen-bond donors (Lipinski definition) is 1. The van der Waals surface area contributed by atoms with E-state index in [9.17, 15) is 9.90 Å². The molecule has 0 bridgehead atoms. The number of piperazine rings is 1. The van der Waals surface area contributed by atoms with Crippen molar-refractivity contribution in [2.24, 2.45) is 0 Å². The maximum atomic E-state index is 12.3. The molecule has 1 aromatic heterocycles. The summed E-state index contributed by atoms with van der Waals surface area (Å²) in [7, 11) is 0. The normalized spacial score (nSPS) is 15.9. The molecule has 1 aliphatic rings. The van der Waals surface area contributed by atoms with Crippen molar-refractivity contribution in [1.82, 2.24) is 9.80 Å². The summed E-state index contributed by atoms with van der Waals surface area (Å²) in [6.07, 6.45) is 0.679. The maximum Gasteiger partial charge on any atom is 0.196 e. The zero-order valence-corrected chi connectivity index (χ0v) is 16.4. The van der Waals surface area contributed by atoms with Gasteiger partial charge in [0.25, 0.3) is 0 Å². The summed E-state index contributed by atoms with van der Waals surface area (Å²) in [6, 6.07) is 14.4. The summed E-state index contributed by atoms with van der Waals surface area (Å²) in [5.41, 5.74) is 1.52. The van der Waals surface area contributed by atoms with Gasteiger partial charge in [0.05, 0.1) is 0 Å². The van der Waals surface area contributed by atoms with E-state index in [-0.39, 0.29) is 16.6 Å². The topological polar surface area (TPSA) is 56.9 Å². The van der Waals surface area contributed by atoms with Crippen molar-refractivity contribution in [2.45, 2.75) is 13.0 Å². The third-order valence-corrected chi connectivity index (χ3v) is 5.49. The Balaban J connectivity index is 1.31. The lowest BCUT2D eigenvalue weighted by Crippen LogP contribution is -2.46. The molecule has 0 amide bonds. The number of rotatable bonds is 5. The third-order valence-electron chi connectivity index (χ3n) is 5.24. The van der Waals surface area contributed by atoms with Crippen LogP contribution < -0.4 is 5.43 Å². The number of phenols is 1. The van der Waals surface area contributed by atoms with Crippen LogP contribution in [0.5, 0.6) is 5.75 Å². The third kappa shape index (κ3) is 4.38. The standard InChI is InChI=1S/C22H23ClN2O3/c23-17-6-4-16(5-7-17)15-25-12-10-24(11-13-25)9-8-18-14-20(27)22-19(26)2-1-3-21(22)28-18/h1-7,14,26H,8-13,15H2. The molecule has 0 radical (unpaired) electrons. The van der Waals surface area contributed by atoms with Crippen LogP contribution in [0.15, 0.2) is 57.7 Å². The highest BCUT2D eigenvalue weighted by atomic mass is 35.5. The van der Waals surface area contributed by atoms with Crippen molar-refractivity contribution in [3.8, 4) is 5.75 Å². The molecule has 3 aromatic rings. The van der Waals surface area contributed by atoms with Crippen LogP contribution in [0.2, 0.25) is 5.02 Å². The first kappa shape index (κ1) is 19.0. The molecular formula is C22H23ClN2O3. The van der Waals surface area contributed by atoms with Crippen molar-refractivity contribution in [3.05, 3.63) is 75.1 Å². The highest BCUT2D eigenvalue weighted by Gasteiger charge is 2.17. The van der Waals surface area contributed by atoms with Crippen LogP contribution in [-0.2, 0) is 13.0 Å². The van der Waals surface area contributed by atoms with Crippen LogP contribution in [0.3, 0.4) is 0 Å². The Bertz CT molecular complexity index is 1010. The molecule has 0 aliphatic carbocycles. The van der Waals surface area contributed by atoms with Gasteiger partial charge in [-0.1, -0.05) is 29.8 Å². The first-order valence-corrected chi connectivity index (χ1v) is 9.90. The van der Waals surface area contributed by atoms with Gasteiger partial charge in [-0.2, -0.15) is 0 Å². The van der Waals surface area contributed by atoms with E-state index in [2.05, 4.69) is 21.9 Å². The molecule has 146 valence electrons. The summed E-state index contributed by atoms with van der Waals surface area (Å²) >= 11 is 5.95. The molecule has 5 nitrogen and oxygen atoms in total. The molecule has 0 saturated carbocycles. The van der Waals surface area contributed by atoms with Crippen molar-refractivity contribution in [3.63, 3.8) is 0 Å². The molecule has 0 unspecified atom stereocenters.